The van der Waals surface area contributed by atoms with Crippen molar-refractivity contribution in [2.24, 2.45) is 0 Å². The smallest absolute Gasteiger partial charge is 0.432 e. The van der Waals surface area contributed by atoms with E-state index in [-0.39, 0.29) is 23.3 Å². The molecule has 1 aliphatic rings. The number of hydrogen-bond donors (Lipinski definition) is 1. The molecular weight excluding hydrogens is 353 g/mol. The molecule has 1 fully saturated rings. The topological polar surface area (TPSA) is 91.4 Å². The van der Waals surface area contributed by atoms with Crippen LogP contribution in [0.1, 0.15) is 17.1 Å². The van der Waals surface area contributed by atoms with Crippen LogP contribution < -0.4 is 10.1 Å². The van der Waals surface area contributed by atoms with Gasteiger partial charge in [-0.25, -0.2) is 4.98 Å². The third-order valence-electron chi connectivity index (χ3n) is 3.74. The number of carbonyl (C=O) groups is 1. The van der Waals surface area contributed by atoms with Crippen molar-refractivity contribution >= 4 is 5.91 Å². The highest BCUT2D eigenvalue weighted by Gasteiger charge is 2.33. The Morgan fingerprint density at radius 2 is 2.19 bits per heavy atom. The highest BCUT2D eigenvalue weighted by molar-refractivity contribution is 5.90. The SMILES string of the molecule is N#CN1CCC(NC(=O)c2ncc(-c3ccccc3OC(F)(F)F)o2)C1. The molecule has 1 N–H and O–H groups in total. The van der Waals surface area contributed by atoms with Gasteiger partial charge in [0.25, 0.3) is 5.89 Å². The van der Waals surface area contributed by atoms with Gasteiger partial charge in [-0.1, -0.05) is 12.1 Å². The maximum absolute atomic E-state index is 12.5. The Labute approximate surface area is 146 Å². The molecule has 136 valence electrons. The summed E-state index contributed by atoms with van der Waals surface area (Å²) in [6, 6.07) is 5.18. The summed E-state index contributed by atoms with van der Waals surface area (Å²) >= 11 is 0. The molecule has 1 aromatic heterocycles. The average Bonchev–Trinajstić information content (AvgIpc) is 3.23. The molecule has 1 amide bonds. The van der Waals surface area contributed by atoms with E-state index in [1.807, 2.05) is 6.19 Å². The maximum Gasteiger partial charge on any atom is 0.573 e. The van der Waals surface area contributed by atoms with Gasteiger partial charge in [-0.3, -0.25) is 4.79 Å². The standard InChI is InChI=1S/C16H13F3N4O3/c17-16(18,19)26-12-4-2-1-3-11(12)13-7-21-15(25-13)14(24)22-10-5-6-23(8-10)9-20/h1-4,7,10H,5-6,8H2,(H,22,24). The number of likely N-dealkylation sites (tertiary alicyclic amines) is 1. The van der Waals surface area contributed by atoms with Gasteiger partial charge in [-0.05, 0) is 18.6 Å². The summed E-state index contributed by atoms with van der Waals surface area (Å²) in [5.74, 6) is -1.36. The summed E-state index contributed by atoms with van der Waals surface area (Å²) in [4.78, 5) is 17.5. The second kappa shape index (κ2) is 6.95. The number of rotatable bonds is 4. The molecule has 1 aromatic carbocycles. The second-order valence-corrected chi connectivity index (χ2v) is 5.58. The Hall–Kier alpha value is -3.22. The van der Waals surface area contributed by atoms with Gasteiger partial charge in [0.05, 0.1) is 11.8 Å². The number of halogens is 3. The molecule has 0 radical (unpaired) electrons. The van der Waals surface area contributed by atoms with Crippen LogP contribution >= 0.6 is 0 Å². The van der Waals surface area contributed by atoms with Crippen LogP contribution in [0, 0.1) is 11.5 Å². The minimum absolute atomic E-state index is 0.0212. The number of amides is 1. The van der Waals surface area contributed by atoms with Crippen LogP contribution in [-0.2, 0) is 0 Å². The Balaban J connectivity index is 1.74. The normalized spacial score (nSPS) is 17.0. The average molecular weight is 366 g/mol. The number of nitrogens with zero attached hydrogens (tertiary/aromatic N) is 3. The molecule has 0 aliphatic carbocycles. The molecule has 1 atom stereocenters. The Morgan fingerprint density at radius 1 is 1.42 bits per heavy atom. The predicted molar refractivity (Wildman–Crippen MR) is 81.7 cm³/mol. The third kappa shape index (κ3) is 4.05. The molecule has 1 aliphatic heterocycles. The van der Waals surface area contributed by atoms with Gasteiger partial charge in [-0.15, -0.1) is 13.2 Å². The molecule has 0 spiro atoms. The zero-order valence-electron chi connectivity index (χ0n) is 13.3. The fraction of sp³-hybridized carbons (Fsp3) is 0.312. The number of para-hydroxylation sites is 1. The summed E-state index contributed by atoms with van der Waals surface area (Å²) in [6.45, 7) is 0.929. The number of oxazole rings is 1. The number of nitriles is 1. The van der Waals surface area contributed by atoms with E-state index in [0.29, 0.717) is 19.5 Å². The Morgan fingerprint density at radius 3 is 2.88 bits per heavy atom. The number of alkyl halides is 3. The lowest BCUT2D eigenvalue weighted by atomic mass is 10.1. The highest BCUT2D eigenvalue weighted by Crippen LogP contribution is 2.33. The number of ether oxygens (including phenoxy) is 1. The zero-order valence-corrected chi connectivity index (χ0v) is 13.3. The first-order chi connectivity index (χ1) is 12.4. The van der Waals surface area contributed by atoms with Gasteiger partial charge in [0.2, 0.25) is 0 Å². The fourth-order valence-electron chi connectivity index (χ4n) is 2.60. The van der Waals surface area contributed by atoms with Crippen LogP contribution in [0.25, 0.3) is 11.3 Å². The third-order valence-corrected chi connectivity index (χ3v) is 3.74. The van der Waals surface area contributed by atoms with E-state index in [1.54, 1.807) is 0 Å². The number of carbonyl (C=O) groups excluding carboxylic acids is 1. The summed E-state index contributed by atoms with van der Waals surface area (Å²) in [6.07, 6.45) is -1.10. The van der Waals surface area contributed by atoms with Crippen molar-refractivity contribution in [1.29, 1.82) is 5.26 Å². The minimum Gasteiger partial charge on any atom is -0.432 e. The first kappa shape index (κ1) is 17.6. The number of nitrogens with one attached hydrogen (secondary N) is 1. The molecule has 26 heavy (non-hydrogen) atoms. The first-order valence-electron chi connectivity index (χ1n) is 7.62. The molecule has 2 heterocycles. The lowest BCUT2D eigenvalue weighted by Gasteiger charge is -2.11. The molecule has 10 heteroatoms. The minimum atomic E-state index is -4.86. The summed E-state index contributed by atoms with van der Waals surface area (Å²) in [5, 5.41) is 11.5. The van der Waals surface area contributed by atoms with Gasteiger partial charge in [0.15, 0.2) is 12.0 Å². The lowest BCUT2D eigenvalue weighted by molar-refractivity contribution is -0.274. The maximum atomic E-state index is 12.5. The van der Waals surface area contributed by atoms with E-state index in [4.69, 9.17) is 9.68 Å². The van der Waals surface area contributed by atoms with Gasteiger partial charge in [0, 0.05) is 19.1 Å². The molecule has 2 aromatic rings. The molecule has 0 saturated carbocycles. The highest BCUT2D eigenvalue weighted by atomic mass is 19.4. The largest absolute Gasteiger partial charge is 0.573 e. The summed E-state index contributed by atoms with van der Waals surface area (Å²) in [5.41, 5.74) is 0.0212. The second-order valence-electron chi connectivity index (χ2n) is 5.58. The van der Waals surface area contributed by atoms with Crippen LogP contribution in [0.4, 0.5) is 13.2 Å². The van der Waals surface area contributed by atoms with Crippen LogP contribution in [0.3, 0.4) is 0 Å². The Bertz CT molecular complexity index is 844. The van der Waals surface area contributed by atoms with Crippen LogP contribution in [0.15, 0.2) is 34.9 Å². The van der Waals surface area contributed by atoms with E-state index in [0.717, 1.165) is 12.3 Å². The van der Waals surface area contributed by atoms with E-state index in [1.165, 1.54) is 23.1 Å². The van der Waals surface area contributed by atoms with Gasteiger partial charge >= 0.3 is 12.3 Å². The van der Waals surface area contributed by atoms with Gasteiger partial charge in [0.1, 0.15) is 5.75 Å². The van der Waals surface area contributed by atoms with Crippen molar-refractivity contribution in [3.8, 4) is 23.3 Å². The molecular formula is C16H13F3N4O3. The summed E-state index contributed by atoms with van der Waals surface area (Å²) in [7, 11) is 0. The fourth-order valence-corrected chi connectivity index (χ4v) is 2.60. The van der Waals surface area contributed by atoms with Gasteiger partial charge < -0.3 is 19.4 Å². The van der Waals surface area contributed by atoms with Crippen molar-refractivity contribution in [3.63, 3.8) is 0 Å². The van der Waals surface area contributed by atoms with Crippen LogP contribution in [0.2, 0.25) is 0 Å². The van der Waals surface area contributed by atoms with E-state index >= 15 is 0 Å². The zero-order chi connectivity index (χ0) is 18.7. The van der Waals surface area contributed by atoms with E-state index < -0.39 is 18.0 Å². The summed E-state index contributed by atoms with van der Waals surface area (Å²) < 4.78 is 46.8. The van der Waals surface area contributed by atoms with Crippen molar-refractivity contribution in [1.82, 2.24) is 15.2 Å². The van der Waals surface area contributed by atoms with Gasteiger partial charge in [-0.2, -0.15) is 5.26 Å². The molecule has 0 bridgehead atoms. The van der Waals surface area contributed by atoms with Crippen molar-refractivity contribution < 1.29 is 27.1 Å². The number of aromatic nitrogens is 1. The predicted octanol–water partition coefficient (Wildman–Crippen LogP) is 2.53. The van der Waals surface area contributed by atoms with Crippen molar-refractivity contribution in [2.75, 3.05) is 13.1 Å². The molecule has 1 saturated heterocycles. The first-order valence-corrected chi connectivity index (χ1v) is 7.62. The quantitative estimate of drug-likeness (QED) is 0.836. The van der Waals surface area contributed by atoms with Crippen LogP contribution in [-0.4, -0.2) is 41.3 Å². The number of benzene rings is 1. The Kier molecular flexibility index (Phi) is 4.71. The van der Waals surface area contributed by atoms with E-state index in [2.05, 4.69) is 15.0 Å². The molecule has 3 rings (SSSR count). The molecule has 1 unspecified atom stereocenters. The van der Waals surface area contributed by atoms with Crippen molar-refractivity contribution in [2.45, 2.75) is 18.8 Å². The number of hydrogen-bond acceptors (Lipinski definition) is 6. The lowest BCUT2D eigenvalue weighted by Crippen LogP contribution is -2.36. The van der Waals surface area contributed by atoms with Crippen molar-refractivity contribution in [3.05, 3.63) is 36.4 Å². The van der Waals surface area contributed by atoms with Crippen LogP contribution in [0.5, 0.6) is 5.75 Å². The van der Waals surface area contributed by atoms with E-state index in [9.17, 15) is 18.0 Å². The molecule has 7 nitrogen and oxygen atoms in total. The monoisotopic (exact) mass is 366 g/mol.